The monoisotopic (exact) mass is 393 g/mol. The molecule has 0 saturated carbocycles. The van der Waals surface area contributed by atoms with Crippen molar-refractivity contribution in [2.45, 2.75) is 0 Å². The zero-order valence-electron chi connectivity index (χ0n) is 14.1. The standard InChI is InChI=1S/C17H11N7O3S/c18-9-10-1-5-12(6-2-10)20-21-15-14(22-23(16(15)25)17(19)28)11-3-7-13(8-4-11)24(26)27/h1-8,20H,(H2,19,28)/b21-15+. The number of amides is 1. The average molecular weight is 393 g/mol. The molecule has 0 atom stereocenters. The third-order valence-corrected chi connectivity index (χ3v) is 3.86. The van der Waals surface area contributed by atoms with Crippen LogP contribution in [0, 0.1) is 21.4 Å². The summed E-state index contributed by atoms with van der Waals surface area (Å²) in [6.45, 7) is 0. The molecule has 1 heterocycles. The van der Waals surface area contributed by atoms with Crippen LogP contribution in [0.25, 0.3) is 0 Å². The Kier molecular flexibility index (Phi) is 5.05. The number of anilines is 1. The second-order valence-corrected chi connectivity index (χ2v) is 5.89. The number of nitro benzene ring substituents is 1. The summed E-state index contributed by atoms with van der Waals surface area (Å²) in [6, 6.07) is 13.9. The van der Waals surface area contributed by atoms with Crippen LogP contribution >= 0.6 is 12.2 Å². The van der Waals surface area contributed by atoms with Crippen molar-refractivity contribution in [3.63, 3.8) is 0 Å². The molecule has 0 unspecified atom stereocenters. The van der Waals surface area contributed by atoms with E-state index < -0.39 is 10.8 Å². The molecule has 0 fully saturated rings. The van der Waals surface area contributed by atoms with E-state index in [9.17, 15) is 14.9 Å². The number of non-ortho nitro benzene ring substituents is 1. The number of hydrogen-bond acceptors (Lipinski definition) is 8. The van der Waals surface area contributed by atoms with Gasteiger partial charge in [-0.05, 0) is 48.6 Å². The van der Waals surface area contributed by atoms with Gasteiger partial charge in [-0.1, -0.05) is 0 Å². The second-order valence-electron chi connectivity index (χ2n) is 5.47. The minimum atomic E-state index is -0.637. The molecule has 3 rings (SSSR count). The first-order valence-electron chi connectivity index (χ1n) is 7.72. The summed E-state index contributed by atoms with van der Waals surface area (Å²) in [6.07, 6.45) is 0. The first-order chi connectivity index (χ1) is 13.4. The number of nitriles is 1. The summed E-state index contributed by atoms with van der Waals surface area (Å²) >= 11 is 4.83. The molecular formula is C17H11N7O3S. The van der Waals surface area contributed by atoms with Gasteiger partial charge in [0.2, 0.25) is 0 Å². The van der Waals surface area contributed by atoms with Crippen molar-refractivity contribution >= 4 is 46.0 Å². The minimum absolute atomic E-state index is 0.0639. The average Bonchev–Trinajstić information content (AvgIpc) is 3.03. The van der Waals surface area contributed by atoms with E-state index in [0.717, 1.165) is 5.01 Å². The highest BCUT2D eigenvalue weighted by Gasteiger charge is 2.34. The zero-order valence-corrected chi connectivity index (χ0v) is 14.9. The zero-order chi connectivity index (χ0) is 20.3. The number of nitrogens with two attached hydrogens (primary N) is 1. The number of carbonyl (C=O) groups excluding carboxylic acids is 1. The van der Waals surface area contributed by atoms with Gasteiger partial charge in [-0.3, -0.25) is 20.3 Å². The normalized spacial score (nSPS) is 14.5. The van der Waals surface area contributed by atoms with E-state index >= 15 is 0 Å². The largest absolute Gasteiger partial charge is 0.374 e. The Morgan fingerprint density at radius 2 is 1.89 bits per heavy atom. The highest BCUT2D eigenvalue weighted by atomic mass is 32.1. The van der Waals surface area contributed by atoms with Crippen molar-refractivity contribution in [1.82, 2.24) is 5.01 Å². The van der Waals surface area contributed by atoms with E-state index in [1.807, 2.05) is 6.07 Å². The van der Waals surface area contributed by atoms with Crippen LogP contribution in [-0.4, -0.2) is 32.4 Å². The van der Waals surface area contributed by atoms with Crippen molar-refractivity contribution in [3.8, 4) is 6.07 Å². The van der Waals surface area contributed by atoms with Crippen molar-refractivity contribution in [2.75, 3.05) is 5.43 Å². The molecule has 0 spiro atoms. The molecule has 10 nitrogen and oxygen atoms in total. The number of thiocarbonyl (C=S) groups is 1. The fraction of sp³-hybridized carbons (Fsp3) is 0. The fourth-order valence-electron chi connectivity index (χ4n) is 2.32. The molecule has 3 N–H and O–H groups in total. The Bertz CT molecular complexity index is 1070. The van der Waals surface area contributed by atoms with Crippen LogP contribution in [0.4, 0.5) is 11.4 Å². The lowest BCUT2D eigenvalue weighted by molar-refractivity contribution is -0.384. The van der Waals surface area contributed by atoms with E-state index in [4.69, 9.17) is 23.2 Å². The molecule has 1 amide bonds. The maximum Gasteiger partial charge on any atom is 0.303 e. The molecule has 0 bridgehead atoms. The van der Waals surface area contributed by atoms with Crippen LogP contribution in [0.3, 0.4) is 0 Å². The number of nitro groups is 1. The van der Waals surface area contributed by atoms with Gasteiger partial charge in [0, 0.05) is 17.7 Å². The van der Waals surface area contributed by atoms with Gasteiger partial charge in [-0.15, -0.1) is 0 Å². The molecule has 11 heteroatoms. The Morgan fingerprint density at radius 3 is 2.43 bits per heavy atom. The van der Waals surface area contributed by atoms with Crippen LogP contribution in [0.2, 0.25) is 0 Å². The van der Waals surface area contributed by atoms with E-state index in [0.29, 0.717) is 16.8 Å². The third-order valence-electron chi connectivity index (χ3n) is 3.69. The lowest BCUT2D eigenvalue weighted by Crippen LogP contribution is -2.36. The first kappa shape index (κ1) is 18.6. The lowest BCUT2D eigenvalue weighted by Gasteiger charge is -2.07. The van der Waals surface area contributed by atoms with E-state index in [2.05, 4.69) is 15.6 Å². The predicted molar refractivity (Wildman–Crippen MR) is 105 cm³/mol. The minimum Gasteiger partial charge on any atom is -0.374 e. The number of carbonyl (C=O) groups is 1. The van der Waals surface area contributed by atoms with Gasteiger partial charge in [-0.25, -0.2) is 0 Å². The molecule has 2 aromatic rings. The van der Waals surface area contributed by atoms with Gasteiger partial charge in [0.1, 0.15) is 5.71 Å². The molecule has 0 radical (unpaired) electrons. The van der Waals surface area contributed by atoms with Crippen LogP contribution in [0.15, 0.2) is 58.7 Å². The van der Waals surface area contributed by atoms with E-state index in [1.165, 1.54) is 24.3 Å². The highest BCUT2D eigenvalue weighted by molar-refractivity contribution is 7.80. The molecule has 0 saturated heterocycles. The summed E-state index contributed by atoms with van der Waals surface area (Å²) in [5.74, 6) is -0.637. The van der Waals surface area contributed by atoms with E-state index in [-0.39, 0.29) is 22.2 Å². The molecule has 0 aromatic heterocycles. The molecule has 28 heavy (non-hydrogen) atoms. The quantitative estimate of drug-likeness (QED) is 0.456. The van der Waals surface area contributed by atoms with Gasteiger partial charge in [0.05, 0.1) is 22.2 Å². The Balaban J connectivity index is 1.95. The van der Waals surface area contributed by atoms with Crippen molar-refractivity contribution < 1.29 is 9.72 Å². The van der Waals surface area contributed by atoms with Gasteiger partial charge in [-0.2, -0.15) is 20.5 Å². The number of benzene rings is 2. The summed E-state index contributed by atoms with van der Waals surface area (Å²) in [5, 5.41) is 28.4. The van der Waals surface area contributed by atoms with Crippen LogP contribution in [0.5, 0.6) is 0 Å². The van der Waals surface area contributed by atoms with Crippen LogP contribution in [-0.2, 0) is 4.79 Å². The van der Waals surface area contributed by atoms with E-state index in [1.54, 1.807) is 24.3 Å². The molecule has 1 aliphatic heterocycles. The maximum atomic E-state index is 12.5. The SMILES string of the molecule is N#Cc1ccc(N/N=C2/C(=O)N(C(N)=S)N=C2c2ccc([N+](=O)[O-])cc2)cc1. The topological polar surface area (TPSA) is 150 Å². The molecule has 1 aliphatic rings. The third kappa shape index (κ3) is 3.67. The van der Waals surface area contributed by atoms with Crippen molar-refractivity contribution in [3.05, 3.63) is 69.8 Å². The molecular weight excluding hydrogens is 382 g/mol. The number of nitrogens with zero attached hydrogens (tertiary/aromatic N) is 5. The number of hydrazone groups is 2. The molecule has 0 aliphatic carbocycles. The maximum absolute atomic E-state index is 12.5. The summed E-state index contributed by atoms with van der Waals surface area (Å²) in [7, 11) is 0. The fourth-order valence-corrected chi connectivity index (χ4v) is 2.44. The smallest absolute Gasteiger partial charge is 0.303 e. The Labute approximate surface area is 163 Å². The van der Waals surface area contributed by atoms with Crippen LogP contribution < -0.4 is 11.2 Å². The second kappa shape index (κ2) is 7.60. The lowest BCUT2D eigenvalue weighted by atomic mass is 10.1. The predicted octanol–water partition coefficient (Wildman–Crippen LogP) is 1.72. The van der Waals surface area contributed by atoms with Crippen molar-refractivity contribution in [2.24, 2.45) is 15.9 Å². The van der Waals surface area contributed by atoms with Gasteiger partial charge < -0.3 is 5.73 Å². The van der Waals surface area contributed by atoms with Gasteiger partial charge >= 0.3 is 5.91 Å². The Hall–Kier alpha value is -4.17. The van der Waals surface area contributed by atoms with Crippen molar-refractivity contribution in [1.29, 1.82) is 5.26 Å². The first-order valence-corrected chi connectivity index (χ1v) is 8.13. The molecule has 138 valence electrons. The number of rotatable bonds is 4. The summed E-state index contributed by atoms with van der Waals surface area (Å²) in [5.41, 5.74) is 9.68. The van der Waals surface area contributed by atoms with Gasteiger partial charge in [0.15, 0.2) is 10.8 Å². The summed E-state index contributed by atoms with van der Waals surface area (Å²) in [4.78, 5) is 22.8. The molecule has 2 aromatic carbocycles. The summed E-state index contributed by atoms with van der Waals surface area (Å²) < 4.78 is 0. The number of nitrogens with one attached hydrogen (secondary N) is 1. The van der Waals surface area contributed by atoms with Crippen LogP contribution in [0.1, 0.15) is 11.1 Å². The highest BCUT2D eigenvalue weighted by Crippen LogP contribution is 2.18. The Morgan fingerprint density at radius 1 is 1.25 bits per heavy atom. The van der Waals surface area contributed by atoms with Gasteiger partial charge in [0.25, 0.3) is 5.69 Å². The number of hydrogen-bond donors (Lipinski definition) is 2.